The van der Waals surface area contributed by atoms with Crippen LogP contribution in [0.1, 0.15) is 41.0 Å². The highest BCUT2D eigenvalue weighted by Crippen LogP contribution is 2.27. The van der Waals surface area contributed by atoms with E-state index in [4.69, 9.17) is 5.11 Å². The number of carboxylic acids is 2. The van der Waals surface area contributed by atoms with Crippen molar-refractivity contribution in [3.63, 3.8) is 0 Å². The molecule has 0 aliphatic carbocycles. The van der Waals surface area contributed by atoms with Gasteiger partial charge in [-0.25, -0.2) is 4.79 Å². The van der Waals surface area contributed by atoms with Crippen molar-refractivity contribution in [2.24, 2.45) is 0 Å². The average molecular weight is 253 g/mol. The number of carbonyl (C=O) groups excluding carboxylic acids is 1. The van der Waals surface area contributed by atoms with Gasteiger partial charge in [0.2, 0.25) is 0 Å². The summed E-state index contributed by atoms with van der Waals surface area (Å²) in [5.41, 5.74) is -0.131. The number of thioether (sulfide) groups is 1. The third-order valence-corrected chi connectivity index (χ3v) is 3.54. The standard InChI is InChI=1S/C12H14O4S/c1-3-7(2)17-10-5-8(11(13)14)4-9(6-10)12(15)16/h4-7H,3H2,1-2H3,(H,13,14)(H,15,16)/p-1. The van der Waals surface area contributed by atoms with Crippen molar-refractivity contribution in [1.29, 1.82) is 0 Å². The summed E-state index contributed by atoms with van der Waals surface area (Å²) in [4.78, 5) is 22.3. The normalized spacial score (nSPS) is 12.1. The van der Waals surface area contributed by atoms with Crippen LogP contribution >= 0.6 is 11.8 Å². The van der Waals surface area contributed by atoms with Crippen molar-refractivity contribution in [3.8, 4) is 0 Å². The molecule has 0 amide bonds. The number of rotatable bonds is 5. The minimum absolute atomic E-state index is 0.0301. The predicted octanol–water partition coefficient (Wildman–Crippen LogP) is 1.64. The number of aromatic carboxylic acids is 2. The molecule has 0 fully saturated rings. The molecule has 0 heterocycles. The molecule has 0 spiro atoms. The van der Waals surface area contributed by atoms with Crippen LogP contribution in [0, 0.1) is 0 Å². The van der Waals surface area contributed by atoms with Crippen molar-refractivity contribution >= 4 is 23.7 Å². The van der Waals surface area contributed by atoms with Gasteiger partial charge in [-0.05, 0) is 30.2 Å². The van der Waals surface area contributed by atoms with Crippen LogP contribution in [0.25, 0.3) is 0 Å². The van der Waals surface area contributed by atoms with Crippen LogP contribution in [0.2, 0.25) is 0 Å². The molecular weight excluding hydrogens is 240 g/mol. The summed E-state index contributed by atoms with van der Waals surface area (Å²) < 4.78 is 0. The van der Waals surface area contributed by atoms with Gasteiger partial charge in [0.1, 0.15) is 0 Å². The average Bonchev–Trinajstić information content (AvgIpc) is 2.28. The molecule has 0 aliphatic rings. The Hall–Kier alpha value is -1.49. The van der Waals surface area contributed by atoms with E-state index in [1.165, 1.54) is 23.9 Å². The van der Waals surface area contributed by atoms with Gasteiger partial charge < -0.3 is 15.0 Å². The second-order valence-corrected chi connectivity index (χ2v) is 5.19. The van der Waals surface area contributed by atoms with Gasteiger partial charge in [0.25, 0.3) is 0 Å². The van der Waals surface area contributed by atoms with Gasteiger partial charge in [0.05, 0.1) is 11.5 Å². The summed E-state index contributed by atoms with van der Waals surface area (Å²) in [5, 5.41) is 20.0. The Balaban J connectivity index is 3.12. The van der Waals surface area contributed by atoms with Crippen molar-refractivity contribution in [2.75, 3.05) is 0 Å². The smallest absolute Gasteiger partial charge is 0.335 e. The van der Waals surface area contributed by atoms with Crippen LogP contribution in [0.5, 0.6) is 0 Å². The van der Waals surface area contributed by atoms with Crippen LogP contribution in [-0.4, -0.2) is 22.3 Å². The van der Waals surface area contributed by atoms with Crippen LogP contribution < -0.4 is 5.11 Å². The first-order valence-corrected chi connectivity index (χ1v) is 6.08. The Morgan fingerprint density at radius 3 is 2.41 bits per heavy atom. The molecule has 1 aromatic carbocycles. The van der Waals surface area contributed by atoms with Gasteiger partial charge in [0.15, 0.2) is 0 Å². The zero-order valence-corrected chi connectivity index (χ0v) is 10.4. The van der Waals surface area contributed by atoms with E-state index in [9.17, 15) is 14.7 Å². The summed E-state index contributed by atoms with van der Waals surface area (Å²) >= 11 is 1.45. The fourth-order valence-electron chi connectivity index (χ4n) is 1.22. The van der Waals surface area contributed by atoms with Crippen LogP contribution in [0.3, 0.4) is 0 Å². The van der Waals surface area contributed by atoms with Crippen LogP contribution in [-0.2, 0) is 0 Å². The summed E-state index contributed by atoms with van der Waals surface area (Å²) in [5.74, 6) is -2.50. The lowest BCUT2D eigenvalue weighted by Crippen LogP contribution is -2.22. The Labute approximate surface area is 104 Å². The molecular formula is C12H13O4S-. The van der Waals surface area contributed by atoms with E-state index < -0.39 is 11.9 Å². The number of benzene rings is 1. The Morgan fingerprint density at radius 1 is 1.35 bits per heavy atom. The van der Waals surface area contributed by atoms with Gasteiger partial charge in [-0.3, -0.25) is 0 Å². The van der Waals surface area contributed by atoms with Gasteiger partial charge in [-0.15, -0.1) is 11.8 Å². The third kappa shape index (κ3) is 3.78. The number of carboxylic acid groups (broad SMARTS) is 2. The van der Waals surface area contributed by atoms with Gasteiger partial charge in [-0.1, -0.05) is 13.8 Å². The summed E-state index contributed by atoms with van der Waals surface area (Å²) in [7, 11) is 0. The molecule has 1 rings (SSSR count). The molecule has 0 saturated carbocycles. The maximum absolute atomic E-state index is 10.9. The lowest BCUT2D eigenvalue weighted by Gasteiger charge is -2.11. The first kappa shape index (κ1) is 13.6. The van der Waals surface area contributed by atoms with Gasteiger partial charge >= 0.3 is 5.97 Å². The molecule has 0 saturated heterocycles. The van der Waals surface area contributed by atoms with Crippen molar-refractivity contribution < 1.29 is 19.8 Å². The third-order valence-electron chi connectivity index (χ3n) is 2.30. The van der Waals surface area contributed by atoms with E-state index >= 15 is 0 Å². The number of carbonyl (C=O) groups is 2. The van der Waals surface area contributed by atoms with E-state index in [1.54, 1.807) is 0 Å². The maximum Gasteiger partial charge on any atom is 0.335 e. The SMILES string of the molecule is CCC(C)Sc1cc(C(=O)[O-])cc(C(=O)O)c1. The largest absolute Gasteiger partial charge is 0.545 e. The zero-order chi connectivity index (χ0) is 13.0. The van der Waals surface area contributed by atoms with Crippen LogP contribution in [0.15, 0.2) is 23.1 Å². The Kier molecular flexibility index (Phi) is 4.57. The molecule has 1 unspecified atom stereocenters. The summed E-state index contributed by atoms with van der Waals surface area (Å²) in [6.45, 7) is 4.01. The van der Waals surface area contributed by atoms with Gasteiger partial charge in [-0.2, -0.15) is 0 Å². The fraction of sp³-hybridized carbons (Fsp3) is 0.333. The fourth-order valence-corrected chi connectivity index (χ4v) is 2.25. The highest BCUT2D eigenvalue weighted by atomic mass is 32.2. The first-order valence-electron chi connectivity index (χ1n) is 5.20. The summed E-state index contributed by atoms with van der Waals surface area (Å²) in [6.07, 6.45) is 0.919. The highest BCUT2D eigenvalue weighted by Gasteiger charge is 2.10. The monoisotopic (exact) mass is 253 g/mol. The first-order chi connectivity index (χ1) is 7.93. The molecule has 4 nitrogen and oxygen atoms in total. The Bertz CT molecular complexity index is 410. The van der Waals surface area contributed by atoms with E-state index in [0.717, 1.165) is 12.5 Å². The van der Waals surface area contributed by atoms with E-state index in [-0.39, 0.29) is 11.1 Å². The molecule has 0 aliphatic heterocycles. The lowest BCUT2D eigenvalue weighted by atomic mass is 10.1. The molecule has 92 valence electrons. The molecule has 17 heavy (non-hydrogen) atoms. The molecule has 0 aromatic heterocycles. The molecule has 1 aromatic rings. The zero-order valence-electron chi connectivity index (χ0n) is 9.60. The van der Waals surface area contributed by atoms with Gasteiger partial charge in [0, 0.05) is 10.1 Å². The van der Waals surface area contributed by atoms with Crippen molar-refractivity contribution in [2.45, 2.75) is 30.4 Å². The predicted molar refractivity (Wildman–Crippen MR) is 63.3 cm³/mol. The second-order valence-electron chi connectivity index (χ2n) is 3.68. The number of hydrogen-bond acceptors (Lipinski definition) is 4. The summed E-state index contributed by atoms with van der Waals surface area (Å²) in [6, 6.07) is 4.03. The molecule has 1 atom stereocenters. The van der Waals surface area contributed by atoms with E-state index in [1.807, 2.05) is 13.8 Å². The minimum Gasteiger partial charge on any atom is -0.545 e. The minimum atomic E-state index is -1.36. The molecule has 0 radical (unpaired) electrons. The van der Waals surface area contributed by atoms with Crippen LogP contribution in [0.4, 0.5) is 0 Å². The highest BCUT2D eigenvalue weighted by molar-refractivity contribution is 7.99. The topological polar surface area (TPSA) is 77.4 Å². The lowest BCUT2D eigenvalue weighted by molar-refractivity contribution is -0.255. The van der Waals surface area contributed by atoms with E-state index in [2.05, 4.69) is 0 Å². The number of hydrogen-bond donors (Lipinski definition) is 1. The molecule has 0 bridgehead atoms. The second kappa shape index (κ2) is 5.72. The molecule has 1 N–H and O–H groups in total. The van der Waals surface area contributed by atoms with Crippen molar-refractivity contribution in [3.05, 3.63) is 29.3 Å². The molecule has 5 heteroatoms. The Morgan fingerprint density at radius 2 is 1.94 bits per heavy atom. The van der Waals surface area contributed by atoms with E-state index in [0.29, 0.717) is 10.1 Å². The van der Waals surface area contributed by atoms with Crippen molar-refractivity contribution in [1.82, 2.24) is 0 Å². The quantitative estimate of drug-likeness (QED) is 0.807. The maximum atomic E-state index is 10.9.